The first-order valence-corrected chi connectivity index (χ1v) is 9.63. The van der Waals surface area contributed by atoms with Crippen molar-refractivity contribution < 1.29 is 17.9 Å². The highest BCUT2D eigenvalue weighted by molar-refractivity contribution is 7.88. The van der Waals surface area contributed by atoms with E-state index in [9.17, 15) is 13.2 Å². The number of ether oxygens (including phenoxy) is 1. The molecule has 134 valence electrons. The minimum Gasteiger partial charge on any atom is -0.489 e. The van der Waals surface area contributed by atoms with Gasteiger partial charge in [-0.15, -0.1) is 0 Å². The summed E-state index contributed by atoms with van der Waals surface area (Å²) < 4.78 is 29.2. The molecule has 0 heterocycles. The molecule has 0 aliphatic carbocycles. The number of hydrogen-bond donors (Lipinski definition) is 1. The summed E-state index contributed by atoms with van der Waals surface area (Å²) in [5.74, 6) is 0.471. The van der Waals surface area contributed by atoms with Gasteiger partial charge in [0, 0.05) is 13.6 Å². The number of likely N-dealkylation sites (N-methyl/N-ethyl adjacent to an activating group) is 1. The molecule has 1 amide bonds. The normalized spacial score (nSPS) is 11.3. The lowest BCUT2D eigenvalue weighted by atomic mass is 10.1. The molecule has 0 atom stereocenters. The lowest BCUT2D eigenvalue weighted by Gasteiger charge is -2.13. The van der Waals surface area contributed by atoms with Crippen molar-refractivity contribution in [1.82, 2.24) is 9.62 Å². The summed E-state index contributed by atoms with van der Waals surface area (Å²) in [5, 5.41) is 2.70. The molecular weight excluding hydrogens is 340 g/mol. The zero-order valence-corrected chi connectivity index (χ0v) is 15.1. The number of rotatable bonds is 8. The van der Waals surface area contributed by atoms with Crippen LogP contribution in [-0.4, -0.2) is 38.5 Å². The Morgan fingerprint density at radius 1 is 1.04 bits per heavy atom. The van der Waals surface area contributed by atoms with Crippen molar-refractivity contribution in [3.8, 4) is 5.75 Å². The Labute approximate surface area is 148 Å². The summed E-state index contributed by atoms with van der Waals surface area (Å²) in [7, 11) is -1.99. The summed E-state index contributed by atoms with van der Waals surface area (Å²) >= 11 is 0. The molecule has 0 aromatic heterocycles. The predicted molar refractivity (Wildman–Crippen MR) is 96.5 cm³/mol. The number of benzene rings is 2. The Morgan fingerprint density at radius 2 is 1.64 bits per heavy atom. The van der Waals surface area contributed by atoms with Gasteiger partial charge in [-0.1, -0.05) is 42.5 Å². The van der Waals surface area contributed by atoms with Crippen molar-refractivity contribution in [2.45, 2.75) is 13.2 Å². The fourth-order valence-corrected chi connectivity index (χ4v) is 2.36. The standard InChI is InChI=1S/C18H22N2O4S/c1-20(25(2,22)23)13-18(21)19-12-15-8-10-16(11-9-15)14-24-17-6-4-3-5-7-17/h3-11H,12-14H2,1-2H3,(H,19,21). The summed E-state index contributed by atoms with van der Waals surface area (Å²) in [6.45, 7) is 0.619. The molecule has 2 aromatic rings. The minimum atomic E-state index is -3.36. The lowest BCUT2D eigenvalue weighted by molar-refractivity contribution is -0.121. The van der Waals surface area contributed by atoms with Crippen molar-refractivity contribution in [2.24, 2.45) is 0 Å². The van der Waals surface area contributed by atoms with Crippen molar-refractivity contribution in [3.05, 3.63) is 65.7 Å². The van der Waals surface area contributed by atoms with E-state index < -0.39 is 10.0 Å². The Morgan fingerprint density at radius 3 is 2.24 bits per heavy atom. The molecule has 6 nitrogen and oxygen atoms in total. The number of nitrogens with one attached hydrogen (secondary N) is 1. The van der Waals surface area contributed by atoms with Crippen molar-refractivity contribution in [2.75, 3.05) is 19.8 Å². The van der Waals surface area contributed by atoms with E-state index in [1.54, 1.807) is 0 Å². The quantitative estimate of drug-likeness (QED) is 0.777. The maximum atomic E-state index is 11.8. The Kier molecular flexibility index (Phi) is 6.55. The first kappa shape index (κ1) is 19.0. The van der Waals surface area contributed by atoms with Crippen LogP contribution >= 0.6 is 0 Å². The molecule has 0 fully saturated rings. The molecule has 0 saturated heterocycles. The van der Waals surface area contributed by atoms with E-state index in [0.29, 0.717) is 13.2 Å². The van der Waals surface area contributed by atoms with Gasteiger partial charge in [-0.25, -0.2) is 8.42 Å². The molecular formula is C18H22N2O4S. The van der Waals surface area contributed by atoms with Gasteiger partial charge in [-0.05, 0) is 23.3 Å². The number of sulfonamides is 1. The van der Waals surface area contributed by atoms with Gasteiger partial charge in [0.1, 0.15) is 12.4 Å². The number of nitrogens with zero attached hydrogens (tertiary/aromatic N) is 1. The van der Waals surface area contributed by atoms with Crippen LogP contribution in [0.15, 0.2) is 54.6 Å². The van der Waals surface area contributed by atoms with Crippen LogP contribution in [-0.2, 0) is 28.0 Å². The van der Waals surface area contributed by atoms with E-state index in [-0.39, 0.29) is 12.5 Å². The van der Waals surface area contributed by atoms with Crippen molar-refractivity contribution in [3.63, 3.8) is 0 Å². The summed E-state index contributed by atoms with van der Waals surface area (Å²) in [5.41, 5.74) is 1.95. The maximum absolute atomic E-state index is 11.8. The Hall–Kier alpha value is -2.38. The van der Waals surface area contributed by atoms with E-state index in [1.807, 2.05) is 54.6 Å². The monoisotopic (exact) mass is 362 g/mol. The third-order valence-electron chi connectivity index (χ3n) is 3.59. The van der Waals surface area contributed by atoms with Crippen LogP contribution in [0.1, 0.15) is 11.1 Å². The number of hydrogen-bond acceptors (Lipinski definition) is 4. The minimum absolute atomic E-state index is 0.193. The molecule has 0 unspecified atom stereocenters. The molecule has 0 bridgehead atoms. The van der Waals surface area contributed by atoms with Gasteiger partial charge in [0.2, 0.25) is 15.9 Å². The summed E-state index contributed by atoms with van der Waals surface area (Å²) in [4.78, 5) is 11.8. The SMILES string of the molecule is CN(CC(=O)NCc1ccc(COc2ccccc2)cc1)S(C)(=O)=O. The largest absolute Gasteiger partial charge is 0.489 e. The third kappa shape index (κ3) is 6.56. The van der Waals surface area contributed by atoms with Crippen LogP contribution in [0.2, 0.25) is 0 Å². The highest BCUT2D eigenvalue weighted by Gasteiger charge is 2.14. The molecule has 25 heavy (non-hydrogen) atoms. The zero-order chi connectivity index (χ0) is 18.3. The van der Waals surface area contributed by atoms with Gasteiger partial charge in [-0.3, -0.25) is 4.79 Å². The second kappa shape index (κ2) is 8.64. The van der Waals surface area contributed by atoms with E-state index in [0.717, 1.165) is 27.4 Å². The Bertz CT molecular complexity index is 790. The van der Waals surface area contributed by atoms with E-state index in [1.165, 1.54) is 7.05 Å². The van der Waals surface area contributed by atoms with Gasteiger partial charge in [0.25, 0.3) is 0 Å². The molecule has 2 aromatic carbocycles. The van der Waals surface area contributed by atoms with Gasteiger partial charge in [0.15, 0.2) is 0 Å². The second-order valence-corrected chi connectivity index (χ2v) is 7.80. The van der Waals surface area contributed by atoms with Crippen LogP contribution in [0.5, 0.6) is 5.75 Å². The number of para-hydroxylation sites is 1. The van der Waals surface area contributed by atoms with Crippen LogP contribution in [0.3, 0.4) is 0 Å². The topological polar surface area (TPSA) is 75.7 Å². The molecule has 0 spiro atoms. The van der Waals surface area contributed by atoms with Crippen LogP contribution in [0.25, 0.3) is 0 Å². The summed E-state index contributed by atoms with van der Waals surface area (Å²) in [6.07, 6.45) is 1.07. The maximum Gasteiger partial charge on any atom is 0.235 e. The highest BCUT2D eigenvalue weighted by Crippen LogP contribution is 2.12. The first-order valence-electron chi connectivity index (χ1n) is 7.78. The highest BCUT2D eigenvalue weighted by atomic mass is 32.2. The van der Waals surface area contributed by atoms with Gasteiger partial charge < -0.3 is 10.1 Å². The smallest absolute Gasteiger partial charge is 0.235 e. The predicted octanol–water partition coefficient (Wildman–Crippen LogP) is 1.77. The first-order chi connectivity index (χ1) is 11.8. The molecule has 2 rings (SSSR count). The molecule has 0 aliphatic rings. The number of carbonyl (C=O) groups is 1. The number of amides is 1. The molecule has 0 saturated carbocycles. The molecule has 7 heteroatoms. The van der Waals surface area contributed by atoms with Crippen LogP contribution in [0.4, 0.5) is 0 Å². The number of carbonyl (C=O) groups excluding carboxylic acids is 1. The average Bonchev–Trinajstić information content (AvgIpc) is 2.59. The summed E-state index contributed by atoms with van der Waals surface area (Å²) in [6, 6.07) is 17.3. The zero-order valence-electron chi connectivity index (χ0n) is 14.3. The van der Waals surface area contributed by atoms with Gasteiger partial charge >= 0.3 is 0 Å². The van der Waals surface area contributed by atoms with Crippen molar-refractivity contribution >= 4 is 15.9 Å². The third-order valence-corrected chi connectivity index (χ3v) is 4.86. The fraction of sp³-hybridized carbons (Fsp3) is 0.278. The van der Waals surface area contributed by atoms with E-state index >= 15 is 0 Å². The fourth-order valence-electron chi connectivity index (χ4n) is 2.01. The average molecular weight is 362 g/mol. The molecule has 0 aliphatic heterocycles. The van der Waals surface area contributed by atoms with E-state index in [4.69, 9.17) is 4.74 Å². The van der Waals surface area contributed by atoms with Crippen molar-refractivity contribution in [1.29, 1.82) is 0 Å². The van der Waals surface area contributed by atoms with Gasteiger partial charge in [-0.2, -0.15) is 4.31 Å². The van der Waals surface area contributed by atoms with Gasteiger partial charge in [0.05, 0.1) is 12.8 Å². The second-order valence-electron chi connectivity index (χ2n) is 5.71. The Balaban J connectivity index is 1.79. The van der Waals surface area contributed by atoms with E-state index in [2.05, 4.69) is 5.32 Å². The lowest BCUT2D eigenvalue weighted by Crippen LogP contribution is -2.37. The molecule has 0 radical (unpaired) electrons. The van der Waals surface area contributed by atoms with Crippen LogP contribution in [0, 0.1) is 0 Å². The molecule has 1 N–H and O–H groups in total. The van der Waals surface area contributed by atoms with Crippen LogP contribution < -0.4 is 10.1 Å².